The summed E-state index contributed by atoms with van der Waals surface area (Å²) < 4.78 is 16.0. The van der Waals surface area contributed by atoms with E-state index in [4.69, 9.17) is 15.4 Å². The summed E-state index contributed by atoms with van der Waals surface area (Å²) in [5, 5.41) is 0.259. The molecule has 0 saturated heterocycles. The van der Waals surface area contributed by atoms with Gasteiger partial charge < -0.3 is 9.29 Å². The highest BCUT2D eigenvalue weighted by atomic mass is 35.7. The van der Waals surface area contributed by atoms with Crippen molar-refractivity contribution in [3.05, 3.63) is 18.2 Å². The largest absolute Gasteiger partial charge is 0.592 e. The van der Waals surface area contributed by atoms with E-state index in [2.05, 4.69) is 9.97 Å². The number of fused-ring (bicyclic) bond motifs is 1. The number of aromatic nitrogens is 2. The van der Waals surface area contributed by atoms with Crippen LogP contribution in [0.2, 0.25) is 0 Å². The van der Waals surface area contributed by atoms with Gasteiger partial charge in [-0.05, 0) is 12.1 Å². The minimum absolute atomic E-state index is 0.259. The van der Waals surface area contributed by atoms with Gasteiger partial charge in [-0.1, -0.05) is 0 Å². The first kappa shape index (κ1) is 9.64. The third-order valence-electron chi connectivity index (χ3n) is 1.82. The van der Waals surface area contributed by atoms with Crippen molar-refractivity contribution in [3.8, 4) is 5.75 Å². The highest BCUT2D eigenvalue weighted by molar-refractivity contribution is 8.13. The molecule has 4 nitrogen and oxygen atoms in total. The zero-order valence-electron chi connectivity index (χ0n) is 7.28. The second-order valence-corrected chi connectivity index (χ2v) is 4.32. The molecule has 0 radical (unpaired) electrons. The zero-order valence-corrected chi connectivity index (χ0v) is 8.85. The summed E-state index contributed by atoms with van der Waals surface area (Å²) in [5.74, 6) is 0.705. The van der Waals surface area contributed by atoms with Gasteiger partial charge in [0.1, 0.15) is 16.1 Å². The van der Waals surface area contributed by atoms with Crippen molar-refractivity contribution in [1.29, 1.82) is 0 Å². The van der Waals surface area contributed by atoms with Crippen LogP contribution in [0.1, 0.15) is 0 Å². The average molecular weight is 231 g/mol. The predicted octanol–water partition coefficient (Wildman–Crippen LogP) is 1.83. The third kappa shape index (κ3) is 1.66. The van der Waals surface area contributed by atoms with Crippen LogP contribution in [-0.4, -0.2) is 21.6 Å². The third-order valence-corrected chi connectivity index (χ3v) is 2.76. The van der Waals surface area contributed by atoms with Crippen molar-refractivity contribution in [3.63, 3.8) is 0 Å². The topological polar surface area (TPSA) is 61.0 Å². The normalized spacial score (nSPS) is 13.1. The summed E-state index contributed by atoms with van der Waals surface area (Å²) in [4.78, 5) is 6.90. The molecule has 0 saturated carbocycles. The van der Waals surface area contributed by atoms with Crippen molar-refractivity contribution in [1.82, 2.24) is 9.97 Å². The number of imidazole rings is 1. The fraction of sp³-hybridized carbons (Fsp3) is 0.125. The Kier molecular flexibility index (Phi) is 2.54. The average Bonchev–Trinajstić information content (AvgIpc) is 2.59. The molecule has 0 aliphatic rings. The van der Waals surface area contributed by atoms with Crippen LogP contribution >= 0.6 is 10.7 Å². The summed E-state index contributed by atoms with van der Waals surface area (Å²) in [5.41, 5.74) is 1.48. The molecular formula is C8H7ClN2O2S. The molecule has 0 fully saturated rings. The summed E-state index contributed by atoms with van der Waals surface area (Å²) >= 11 is 0. The van der Waals surface area contributed by atoms with Crippen LogP contribution in [0, 0.1) is 0 Å². The van der Waals surface area contributed by atoms with Gasteiger partial charge in [-0.15, -0.1) is 0 Å². The monoisotopic (exact) mass is 230 g/mol. The number of ether oxygens (including phenoxy) is 1. The van der Waals surface area contributed by atoms with Gasteiger partial charge in [0.15, 0.2) is 10.7 Å². The first-order valence-corrected chi connectivity index (χ1v) is 5.80. The van der Waals surface area contributed by atoms with Gasteiger partial charge >= 0.3 is 5.16 Å². The Hall–Kier alpha value is -0.910. The molecule has 1 unspecified atom stereocenters. The van der Waals surface area contributed by atoms with E-state index >= 15 is 0 Å². The fourth-order valence-electron chi connectivity index (χ4n) is 1.17. The van der Waals surface area contributed by atoms with Gasteiger partial charge in [0.25, 0.3) is 0 Å². The fourth-order valence-corrected chi connectivity index (χ4v) is 1.74. The number of hydrogen-bond acceptors (Lipinski definition) is 3. The van der Waals surface area contributed by atoms with Crippen molar-refractivity contribution in [2.75, 3.05) is 7.11 Å². The predicted molar refractivity (Wildman–Crippen MR) is 54.9 cm³/mol. The lowest BCUT2D eigenvalue weighted by atomic mass is 10.3. The number of methoxy groups -OCH3 is 1. The Morgan fingerprint density at radius 3 is 3.00 bits per heavy atom. The molecular weight excluding hydrogens is 224 g/mol. The van der Waals surface area contributed by atoms with Crippen LogP contribution in [0.3, 0.4) is 0 Å². The van der Waals surface area contributed by atoms with Crippen molar-refractivity contribution >= 4 is 32.1 Å². The molecule has 0 spiro atoms. The van der Waals surface area contributed by atoms with E-state index in [9.17, 15) is 4.55 Å². The Morgan fingerprint density at radius 2 is 2.36 bits per heavy atom. The number of hydrogen-bond donors (Lipinski definition) is 1. The first-order chi connectivity index (χ1) is 6.70. The number of nitrogens with one attached hydrogen (secondary N) is 1. The Balaban J connectivity index is 2.54. The number of nitrogens with zero attached hydrogens (tertiary/aromatic N) is 1. The molecule has 0 bridgehead atoms. The van der Waals surface area contributed by atoms with E-state index in [1.807, 2.05) is 0 Å². The number of H-pyrrole nitrogens is 1. The summed E-state index contributed by atoms with van der Waals surface area (Å²) in [6.45, 7) is 0. The second kappa shape index (κ2) is 3.68. The van der Waals surface area contributed by atoms with Gasteiger partial charge in [0.05, 0.1) is 18.1 Å². The quantitative estimate of drug-likeness (QED) is 0.801. The minimum Gasteiger partial charge on any atom is -0.592 e. The van der Waals surface area contributed by atoms with Gasteiger partial charge in [-0.3, -0.25) is 4.98 Å². The Morgan fingerprint density at radius 1 is 1.57 bits per heavy atom. The molecule has 14 heavy (non-hydrogen) atoms. The van der Waals surface area contributed by atoms with Crippen LogP contribution in [0.4, 0.5) is 0 Å². The Labute approximate surface area is 87.9 Å². The van der Waals surface area contributed by atoms with E-state index in [1.165, 1.54) is 0 Å². The van der Waals surface area contributed by atoms with Crippen LogP contribution in [0.15, 0.2) is 23.4 Å². The van der Waals surface area contributed by atoms with E-state index in [0.29, 0.717) is 11.3 Å². The zero-order chi connectivity index (χ0) is 10.1. The summed E-state index contributed by atoms with van der Waals surface area (Å²) in [6, 6.07) is 5.34. The minimum atomic E-state index is -1.61. The molecule has 0 aliphatic carbocycles. The van der Waals surface area contributed by atoms with Crippen molar-refractivity contribution in [2.45, 2.75) is 5.16 Å². The highest BCUT2D eigenvalue weighted by Gasteiger charge is 2.14. The molecule has 1 N–H and O–H groups in total. The highest BCUT2D eigenvalue weighted by Crippen LogP contribution is 2.21. The molecule has 0 amide bonds. The number of halogens is 1. The van der Waals surface area contributed by atoms with E-state index in [1.54, 1.807) is 25.3 Å². The second-order valence-electron chi connectivity index (χ2n) is 2.65. The van der Waals surface area contributed by atoms with Crippen LogP contribution in [-0.2, 0) is 10.4 Å². The molecule has 0 aliphatic heterocycles. The number of rotatable bonds is 2. The van der Waals surface area contributed by atoms with Crippen molar-refractivity contribution < 1.29 is 9.29 Å². The maximum atomic E-state index is 10.9. The first-order valence-electron chi connectivity index (χ1n) is 3.82. The summed E-state index contributed by atoms with van der Waals surface area (Å²) in [6.07, 6.45) is 0. The van der Waals surface area contributed by atoms with Gasteiger partial charge in [0.2, 0.25) is 0 Å². The molecule has 2 aromatic rings. The van der Waals surface area contributed by atoms with E-state index in [0.717, 1.165) is 5.52 Å². The lowest BCUT2D eigenvalue weighted by molar-refractivity contribution is 0.415. The van der Waals surface area contributed by atoms with Gasteiger partial charge in [-0.25, -0.2) is 0 Å². The van der Waals surface area contributed by atoms with Gasteiger partial charge in [-0.2, -0.15) is 4.98 Å². The smallest absolute Gasteiger partial charge is 0.342 e. The lowest BCUT2D eigenvalue weighted by Gasteiger charge is -1.96. The van der Waals surface area contributed by atoms with Crippen LogP contribution in [0.25, 0.3) is 11.0 Å². The lowest BCUT2D eigenvalue weighted by Crippen LogP contribution is -1.92. The van der Waals surface area contributed by atoms with E-state index < -0.39 is 10.4 Å². The molecule has 1 atom stereocenters. The maximum Gasteiger partial charge on any atom is 0.342 e. The Bertz CT molecular complexity index is 458. The molecule has 1 heterocycles. The number of benzene rings is 1. The van der Waals surface area contributed by atoms with Crippen molar-refractivity contribution in [2.24, 2.45) is 0 Å². The maximum absolute atomic E-state index is 10.9. The number of aromatic amines is 1. The SMILES string of the molecule is COc1ccc2[nH]c([S+]([O-])Cl)nc2c1. The standard InChI is InChI=1S/C8H7ClN2O2S/c1-13-5-2-3-6-7(4-5)11-8(10-6)14(9)12/h2-4H,1H3,(H,10,11). The molecule has 6 heteroatoms. The van der Waals surface area contributed by atoms with Crippen LogP contribution < -0.4 is 4.74 Å². The van der Waals surface area contributed by atoms with Gasteiger partial charge in [0, 0.05) is 6.07 Å². The molecule has 74 valence electrons. The van der Waals surface area contributed by atoms with E-state index in [-0.39, 0.29) is 5.16 Å². The molecule has 1 aromatic heterocycles. The van der Waals surface area contributed by atoms with Crippen LogP contribution in [0.5, 0.6) is 5.75 Å². The summed E-state index contributed by atoms with van der Waals surface area (Å²) in [7, 11) is 5.37. The molecule has 2 rings (SSSR count). The molecule has 1 aromatic carbocycles.